The molecule has 4 aromatic rings. The highest BCUT2D eigenvalue weighted by Gasteiger charge is 2.21. The van der Waals surface area contributed by atoms with E-state index in [4.69, 9.17) is 9.72 Å². The van der Waals surface area contributed by atoms with Gasteiger partial charge in [-0.2, -0.15) is 5.26 Å². The lowest BCUT2D eigenvalue weighted by atomic mass is 10.2. The lowest BCUT2D eigenvalue weighted by Gasteiger charge is -2.17. The van der Waals surface area contributed by atoms with Gasteiger partial charge in [0, 0.05) is 6.61 Å². The zero-order chi connectivity index (χ0) is 22.8. The van der Waals surface area contributed by atoms with Crippen LogP contribution in [0, 0.1) is 11.3 Å². The van der Waals surface area contributed by atoms with Crippen molar-refractivity contribution in [3.8, 4) is 6.07 Å². The van der Waals surface area contributed by atoms with Crippen LogP contribution in [0.15, 0.2) is 63.3 Å². The van der Waals surface area contributed by atoms with E-state index in [1.165, 1.54) is 16.3 Å². The van der Waals surface area contributed by atoms with E-state index >= 15 is 0 Å². The van der Waals surface area contributed by atoms with Crippen molar-refractivity contribution in [2.45, 2.75) is 42.9 Å². The fraction of sp³-hybridized carbons (Fsp3) is 0.292. The summed E-state index contributed by atoms with van der Waals surface area (Å²) in [5, 5.41) is 10.8. The molecule has 5 rings (SSSR count). The first kappa shape index (κ1) is 21.4. The van der Waals surface area contributed by atoms with Gasteiger partial charge in [0.05, 0.1) is 46.3 Å². The zero-order valence-electron chi connectivity index (χ0n) is 17.8. The van der Waals surface area contributed by atoms with Crippen LogP contribution in [0.4, 0.5) is 0 Å². The summed E-state index contributed by atoms with van der Waals surface area (Å²) >= 11 is 1.33. The Morgan fingerprint density at radius 2 is 1.67 bits per heavy atom. The number of ether oxygens (including phenoxy) is 1. The highest BCUT2D eigenvalue weighted by Crippen LogP contribution is 2.24. The molecule has 1 fully saturated rings. The van der Waals surface area contributed by atoms with Gasteiger partial charge in [0.1, 0.15) is 12.4 Å². The Labute approximate surface area is 193 Å². The normalized spacial score (nSPS) is 15.8. The van der Waals surface area contributed by atoms with E-state index in [1.54, 1.807) is 28.8 Å². The molecule has 0 radical (unpaired) electrons. The Morgan fingerprint density at radius 3 is 2.33 bits per heavy atom. The first-order valence-corrected chi connectivity index (χ1v) is 11.7. The van der Waals surface area contributed by atoms with Gasteiger partial charge in [0.25, 0.3) is 11.1 Å². The monoisotopic (exact) mass is 459 g/mol. The summed E-state index contributed by atoms with van der Waals surface area (Å²) in [6.45, 7) is 1.03. The largest absolute Gasteiger partial charge is 0.376 e. The fourth-order valence-corrected chi connectivity index (χ4v) is 5.05. The number of nitriles is 1. The Morgan fingerprint density at radius 1 is 1.00 bits per heavy atom. The molecule has 0 spiro atoms. The van der Waals surface area contributed by atoms with E-state index < -0.39 is 0 Å². The van der Waals surface area contributed by atoms with E-state index in [0.29, 0.717) is 45.9 Å². The Balaban J connectivity index is 1.56. The maximum Gasteiger partial charge on any atom is 0.262 e. The standard InChI is InChI=1S/C24H21N5O3S/c25-11-12-28-21(26-19-9-3-1-7-17(19)22(28)30)15-33-24-27-20-10-4-2-8-18(20)23(31)29(24)14-16-6-5-13-32-16/h1-4,7-10,16H,5-6,12-15H2/t16-/m0/s1. The van der Waals surface area contributed by atoms with Gasteiger partial charge in [-0.05, 0) is 37.1 Å². The van der Waals surface area contributed by atoms with E-state index in [2.05, 4.69) is 4.98 Å². The summed E-state index contributed by atoms with van der Waals surface area (Å²) in [5.74, 6) is 0.759. The first-order chi connectivity index (χ1) is 16.2. The molecule has 2 aromatic carbocycles. The number of hydrogen-bond acceptors (Lipinski definition) is 7. The number of benzene rings is 2. The minimum absolute atomic E-state index is 0.0272. The van der Waals surface area contributed by atoms with Gasteiger partial charge in [-0.3, -0.25) is 18.7 Å². The third-order valence-electron chi connectivity index (χ3n) is 5.74. The topological polar surface area (TPSA) is 103 Å². The van der Waals surface area contributed by atoms with Crippen LogP contribution in [-0.2, 0) is 23.6 Å². The smallest absolute Gasteiger partial charge is 0.262 e. The van der Waals surface area contributed by atoms with Crippen molar-refractivity contribution in [3.63, 3.8) is 0 Å². The third kappa shape index (κ3) is 4.15. The molecule has 3 heterocycles. The quantitative estimate of drug-likeness (QED) is 0.322. The Kier molecular flexibility index (Phi) is 5.94. The zero-order valence-corrected chi connectivity index (χ0v) is 18.6. The van der Waals surface area contributed by atoms with Crippen molar-refractivity contribution in [3.05, 3.63) is 75.1 Å². The van der Waals surface area contributed by atoms with Crippen LogP contribution in [0.25, 0.3) is 21.8 Å². The number of fused-ring (bicyclic) bond motifs is 2. The minimum Gasteiger partial charge on any atom is -0.376 e. The molecule has 8 nitrogen and oxygen atoms in total. The Bertz CT molecular complexity index is 1500. The van der Waals surface area contributed by atoms with Gasteiger partial charge >= 0.3 is 0 Å². The summed E-state index contributed by atoms with van der Waals surface area (Å²) in [6, 6.07) is 16.4. The number of rotatable bonds is 6. The highest BCUT2D eigenvalue weighted by atomic mass is 32.2. The van der Waals surface area contributed by atoms with Crippen LogP contribution >= 0.6 is 11.8 Å². The fourth-order valence-electron chi connectivity index (χ4n) is 4.10. The number of thioether (sulfide) groups is 1. The minimum atomic E-state index is -0.249. The number of nitrogens with zero attached hydrogens (tertiary/aromatic N) is 5. The molecule has 9 heteroatoms. The molecule has 0 N–H and O–H groups in total. The molecule has 0 bridgehead atoms. The van der Waals surface area contributed by atoms with Crippen LogP contribution in [-0.4, -0.2) is 31.8 Å². The predicted octanol–water partition coefficient (Wildman–Crippen LogP) is 3.10. The third-order valence-corrected chi connectivity index (χ3v) is 6.71. The number of aromatic nitrogens is 4. The molecule has 166 valence electrons. The molecular weight excluding hydrogens is 438 g/mol. The van der Waals surface area contributed by atoms with Crippen molar-refractivity contribution >= 4 is 33.6 Å². The molecule has 1 saturated heterocycles. The van der Waals surface area contributed by atoms with Crippen molar-refractivity contribution in [2.24, 2.45) is 0 Å². The Hall–Kier alpha value is -3.48. The average Bonchev–Trinajstić information content (AvgIpc) is 3.35. The molecule has 33 heavy (non-hydrogen) atoms. The number of para-hydroxylation sites is 2. The van der Waals surface area contributed by atoms with Crippen LogP contribution < -0.4 is 11.1 Å². The second-order valence-corrected chi connectivity index (χ2v) is 8.79. The molecule has 0 saturated carbocycles. The van der Waals surface area contributed by atoms with Crippen molar-refractivity contribution < 1.29 is 4.74 Å². The van der Waals surface area contributed by atoms with Gasteiger partial charge in [0.15, 0.2) is 5.16 Å². The second-order valence-electron chi connectivity index (χ2n) is 7.85. The molecule has 1 atom stereocenters. The maximum absolute atomic E-state index is 13.3. The summed E-state index contributed by atoms with van der Waals surface area (Å²) in [4.78, 5) is 35.6. The van der Waals surface area contributed by atoms with Gasteiger partial charge in [-0.15, -0.1) is 0 Å². The van der Waals surface area contributed by atoms with Gasteiger partial charge in [-0.1, -0.05) is 36.0 Å². The van der Waals surface area contributed by atoms with Gasteiger partial charge < -0.3 is 4.74 Å². The maximum atomic E-state index is 13.3. The summed E-state index contributed by atoms with van der Waals surface area (Å²) in [6.07, 6.45) is 1.85. The lowest BCUT2D eigenvalue weighted by molar-refractivity contribution is 0.0937. The first-order valence-electron chi connectivity index (χ1n) is 10.7. The lowest BCUT2D eigenvalue weighted by Crippen LogP contribution is -2.29. The van der Waals surface area contributed by atoms with E-state index in [0.717, 1.165) is 12.8 Å². The van der Waals surface area contributed by atoms with Crippen LogP contribution in [0.1, 0.15) is 18.7 Å². The molecule has 0 unspecified atom stereocenters. The molecule has 1 aliphatic rings. The SMILES string of the molecule is N#CCn1c(CSc2nc3ccccc3c(=O)n2C[C@@H]2CCCO2)nc2ccccc2c1=O. The van der Waals surface area contributed by atoms with Crippen molar-refractivity contribution in [1.82, 2.24) is 19.1 Å². The second kappa shape index (κ2) is 9.17. The molecule has 0 aliphatic carbocycles. The van der Waals surface area contributed by atoms with E-state index in [9.17, 15) is 14.9 Å². The van der Waals surface area contributed by atoms with Gasteiger partial charge in [0.2, 0.25) is 0 Å². The summed E-state index contributed by atoms with van der Waals surface area (Å²) in [5.41, 5.74) is 0.838. The summed E-state index contributed by atoms with van der Waals surface area (Å²) < 4.78 is 8.82. The van der Waals surface area contributed by atoms with Crippen molar-refractivity contribution in [2.75, 3.05) is 6.61 Å². The van der Waals surface area contributed by atoms with Crippen LogP contribution in [0.2, 0.25) is 0 Å². The van der Waals surface area contributed by atoms with Crippen molar-refractivity contribution in [1.29, 1.82) is 5.26 Å². The predicted molar refractivity (Wildman–Crippen MR) is 126 cm³/mol. The van der Waals surface area contributed by atoms with Gasteiger partial charge in [-0.25, -0.2) is 9.97 Å². The molecule has 1 aliphatic heterocycles. The molecule has 0 amide bonds. The summed E-state index contributed by atoms with van der Waals surface area (Å²) in [7, 11) is 0. The van der Waals surface area contributed by atoms with Crippen LogP contribution in [0.3, 0.4) is 0 Å². The van der Waals surface area contributed by atoms with E-state index in [-0.39, 0.29) is 29.5 Å². The highest BCUT2D eigenvalue weighted by molar-refractivity contribution is 7.98. The number of hydrogen-bond donors (Lipinski definition) is 0. The van der Waals surface area contributed by atoms with E-state index in [1.807, 2.05) is 30.3 Å². The molecule has 2 aromatic heterocycles. The average molecular weight is 460 g/mol. The van der Waals surface area contributed by atoms with Crippen LogP contribution in [0.5, 0.6) is 0 Å². The molecular formula is C24H21N5O3S.